The third kappa shape index (κ3) is 8.51. The van der Waals surface area contributed by atoms with E-state index >= 15 is 0 Å². The molecular weight excluding hydrogens is 450 g/mol. The van der Waals surface area contributed by atoms with E-state index in [1.54, 1.807) is 7.11 Å². The highest BCUT2D eigenvalue weighted by Gasteiger charge is 2.20. The summed E-state index contributed by atoms with van der Waals surface area (Å²) < 4.78 is 11.2. The van der Waals surface area contributed by atoms with Crippen molar-refractivity contribution in [3.8, 4) is 0 Å². The standard InChI is InChI=1S/C29H47N5O2/c1-7-26(30-22-25(21-23(2)3)36-20-19-35-6)27-12-11-24-9-8-10-28(29(24)31-27)34-17-15-33(16-18-34)14-13-32(4)5/h8-12,23,25H,7,13-22H2,1-6H3. The number of ether oxygens (including phenoxy) is 2. The van der Waals surface area contributed by atoms with Gasteiger partial charge in [-0.25, -0.2) is 4.98 Å². The van der Waals surface area contributed by atoms with Crippen LogP contribution in [-0.4, -0.2) is 107 Å². The lowest BCUT2D eigenvalue weighted by atomic mass is 10.1. The van der Waals surface area contributed by atoms with Crippen molar-refractivity contribution in [3.05, 3.63) is 36.0 Å². The largest absolute Gasteiger partial charge is 0.382 e. The highest BCUT2D eigenvalue weighted by atomic mass is 16.5. The van der Waals surface area contributed by atoms with Crippen LogP contribution in [0.1, 0.15) is 39.3 Å². The van der Waals surface area contributed by atoms with Crippen LogP contribution in [-0.2, 0) is 9.47 Å². The molecule has 7 nitrogen and oxygen atoms in total. The highest BCUT2D eigenvalue weighted by Crippen LogP contribution is 2.27. The molecule has 0 aliphatic carbocycles. The maximum atomic E-state index is 6.07. The lowest BCUT2D eigenvalue weighted by molar-refractivity contribution is 0.0124. The summed E-state index contributed by atoms with van der Waals surface area (Å²) in [5.41, 5.74) is 4.33. The quantitative estimate of drug-likeness (QED) is 0.288. The molecule has 200 valence electrons. The number of rotatable bonds is 14. The molecule has 0 saturated carbocycles. The Morgan fingerprint density at radius 3 is 2.53 bits per heavy atom. The molecule has 1 aromatic heterocycles. The number of methoxy groups -OCH3 is 1. The summed E-state index contributed by atoms with van der Waals surface area (Å²) in [7, 11) is 5.99. The first-order valence-electron chi connectivity index (χ1n) is 13.6. The summed E-state index contributed by atoms with van der Waals surface area (Å²) >= 11 is 0. The van der Waals surface area contributed by atoms with Gasteiger partial charge in [0.05, 0.1) is 48.5 Å². The van der Waals surface area contributed by atoms with Crippen LogP contribution < -0.4 is 4.90 Å². The fourth-order valence-electron chi connectivity index (χ4n) is 4.71. The number of piperazine rings is 1. The minimum Gasteiger partial charge on any atom is -0.382 e. The van der Waals surface area contributed by atoms with Crippen LogP contribution in [0.3, 0.4) is 0 Å². The van der Waals surface area contributed by atoms with E-state index in [4.69, 9.17) is 19.5 Å². The van der Waals surface area contributed by atoms with Gasteiger partial charge >= 0.3 is 0 Å². The molecule has 1 aliphatic heterocycles. The number of nitrogens with zero attached hydrogens (tertiary/aromatic N) is 5. The van der Waals surface area contributed by atoms with Gasteiger partial charge < -0.3 is 19.3 Å². The van der Waals surface area contributed by atoms with Gasteiger partial charge in [-0.2, -0.15) is 0 Å². The van der Waals surface area contributed by atoms with Crippen LogP contribution in [0.25, 0.3) is 10.9 Å². The molecule has 2 aromatic rings. The summed E-state index contributed by atoms with van der Waals surface area (Å²) in [6.07, 6.45) is 1.93. The van der Waals surface area contributed by atoms with Crippen LogP contribution in [0.5, 0.6) is 0 Å². The highest BCUT2D eigenvalue weighted by molar-refractivity contribution is 6.02. The van der Waals surface area contributed by atoms with Crippen molar-refractivity contribution in [1.29, 1.82) is 0 Å². The second-order valence-corrected chi connectivity index (χ2v) is 10.4. The Kier molecular flexibility index (Phi) is 11.6. The number of fused-ring (bicyclic) bond motifs is 1. The van der Waals surface area contributed by atoms with Crippen molar-refractivity contribution in [2.75, 3.05) is 85.1 Å². The summed E-state index contributed by atoms with van der Waals surface area (Å²) in [6, 6.07) is 10.9. The maximum Gasteiger partial charge on any atom is 0.0943 e. The molecule has 2 heterocycles. The predicted molar refractivity (Wildman–Crippen MR) is 152 cm³/mol. The number of hydrogen-bond acceptors (Lipinski definition) is 7. The van der Waals surface area contributed by atoms with Crippen molar-refractivity contribution in [1.82, 2.24) is 14.8 Å². The van der Waals surface area contributed by atoms with Crippen molar-refractivity contribution in [2.45, 2.75) is 39.7 Å². The van der Waals surface area contributed by atoms with E-state index in [0.29, 0.717) is 25.7 Å². The minimum atomic E-state index is 0.0986. The number of anilines is 1. The number of benzene rings is 1. The minimum absolute atomic E-state index is 0.0986. The summed E-state index contributed by atoms with van der Waals surface area (Å²) in [6.45, 7) is 15.0. The first-order valence-corrected chi connectivity index (χ1v) is 13.6. The van der Waals surface area contributed by atoms with Gasteiger partial charge in [-0.3, -0.25) is 9.89 Å². The monoisotopic (exact) mass is 497 g/mol. The van der Waals surface area contributed by atoms with Gasteiger partial charge in [-0.1, -0.05) is 39.0 Å². The Balaban J connectivity index is 1.76. The molecule has 0 N–H and O–H groups in total. The number of pyridine rings is 1. The van der Waals surface area contributed by atoms with Gasteiger partial charge in [-0.15, -0.1) is 0 Å². The van der Waals surface area contributed by atoms with Crippen LogP contribution in [0.2, 0.25) is 0 Å². The summed E-state index contributed by atoms with van der Waals surface area (Å²) in [4.78, 5) is 17.5. The van der Waals surface area contributed by atoms with Gasteiger partial charge in [-0.05, 0) is 45.0 Å². The number of aromatic nitrogens is 1. The molecule has 7 heteroatoms. The van der Waals surface area contributed by atoms with Crippen LogP contribution >= 0.6 is 0 Å². The summed E-state index contributed by atoms with van der Waals surface area (Å²) in [5.74, 6) is 0.558. The van der Waals surface area contributed by atoms with Gasteiger partial charge in [0, 0.05) is 51.8 Å². The molecule has 3 rings (SSSR count). The zero-order chi connectivity index (χ0) is 25.9. The second kappa shape index (κ2) is 14.6. The Morgan fingerprint density at radius 1 is 1.08 bits per heavy atom. The normalized spacial score (nSPS) is 16.4. The van der Waals surface area contributed by atoms with Crippen LogP contribution in [0, 0.1) is 5.92 Å². The molecule has 1 aromatic carbocycles. The average molecular weight is 498 g/mol. The van der Waals surface area contributed by atoms with Crippen molar-refractivity contribution in [3.63, 3.8) is 0 Å². The number of para-hydroxylation sites is 1. The molecule has 36 heavy (non-hydrogen) atoms. The third-order valence-electron chi connectivity index (χ3n) is 6.77. The van der Waals surface area contributed by atoms with E-state index in [1.165, 1.54) is 11.1 Å². The van der Waals surface area contributed by atoms with Gasteiger partial charge in [0.15, 0.2) is 0 Å². The smallest absolute Gasteiger partial charge is 0.0943 e. The summed E-state index contributed by atoms with van der Waals surface area (Å²) in [5, 5.41) is 1.18. The topological polar surface area (TPSA) is 53.4 Å². The van der Waals surface area contributed by atoms with E-state index in [9.17, 15) is 0 Å². The van der Waals surface area contributed by atoms with Crippen molar-refractivity contribution in [2.24, 2.45) is 10.9 Å². The lowest BCUT2D eigenvalue weighted by Gasteiger charge is -2.36. The van der Waals surface area contributed by atoms with Crippen molar-refractivity contribution < 1.29 is 9.47 Å². The zero-order valence-corrected chi connectivity index (χ0v) is 23.4. The van der Waals surface area contributed by atoms with Crippen LogP contribution in [0.15, 0.2) is 35.3 Å². The van der Waals surface area contributed by atoms with E-state index in [1.807, 2.05) is 0 Å². The molecular formula is C29H47N5O2. The lowest BCUT2D eigenvalue weighted by Crippen LogP contribution is -2.48. The zero-order valence-electron chi connectivity index (χ0n) is 23.4. The first-order chi connectivity index (χ1) is 17.4. The number of likely N-dealkylation sites (N-methyl/N-ethyl adjacent to an activating group) is 1. The molecule has 0 spiro atoms. The predicted octanol–water partition coefficient (Wildman–Crippen LogP) is 4.20. The fourth-order valence-corrected chi connectivity index (χ4v) is 4.71. The molecule has 1 unspecified atom stereocenters. The van der Waals surface area contributed by atoms with Gasteiger partial charge in [0.1, 0.15) is 0 Å². The second-order valence-electron chi connectivity index (χ2n) is 10.4. The van der Waals surface area contributed by atoms with Gasteiger partial charge in [0.25, 0.3) is 0 Å². The van der Waals surface area contributed by atoms with E-state index in [0.717, 1.165) is 69.0 Å². The molecule has 0 radical (unpaired) electrons. The van der Waals surface area contributed by atoms with Crippen LogP contribution in [0.4, 0.5) is 5.69 Å². The van der Waals surface area contributed by atoms with E-state index in [-0.39, 0.29) is 6.10 Å². The Labute approximate surface area is 218 Å². The SMILES string of the molecule is CCC(=NCC(CC(C)C)OCCOC)c1ccc2cccc(N3CCN(CCN(C)C)CC3)c2n1. The van der Waals surface area contributed by atoms with E-state index in [2.05, 4.69) is 79.9 Å². The maximum absolute atomic E-state index is 6.07. The van der Waals surface area contributed by atoms with Gasteiger partial charge in [0.2, 0.25) is 0 Å². The molecule has 0 amide bonds. The number of hydrogen-bond donors (Lipinski definition) is 0. The molecule has 1 aliphatic rings. The Bertz CT molecular complexity index is 954. The number of aliphatic imine (C=N–C) groups is 1. The molecule has 1 fully saturated rings. The first kappa shape index (κ1) is 28.5. The third-order valence-corrected chi connectivity index (χ3v) is 6.77. The fraction of sp³-hybridized carbons (Fsp3) is 0.655. The molecule has 1 atom stereocenters. The molecule has 1 saturated heterocycles. The Hall–Kier alpha value is -2.06. The van der Waals surface area contributed by atoms with E-state index < -0.39 is 0 Å². The molecule has 0 bridgehead atoms. The average Bonchev–Trinajstić information content (AvgIpc) is 2.87. The van der Waals surface area contributed by atoms with Crippen molar-refractivity contribution >= 4 is 22.3 Å². The Morgan fingerprint density at radius 2 is 1.86 bits per heavy atom.